The third-order valence-electron chi connectivity index (χ3n) is 8.21. The molecular weight excluding hydrogens is 540 g/mol. The molecule has 0 saturated heterocycles. The van der Waals surface area contributed by atoms with Crippen molar-refractivity contribution < 1.29 is 33.4 Å². The Hall–Kier alpha value is -5.11. The van der Waals surface area contributed by atoms with E-state index in [1.165, 1.54) is 21.5 Å². The predicted octanol–water partition coefficient (Wildman–Crippen LogP) is 7.27. The smallest absolute Gasteiger partial charge is 0.335 e. The van der Waals surface area contributed by atoms with Crippen molar-refractivity contribution in [3.8, 4) is 0 Å². The quantitative estimate of drug-likeness (QED) is 0.157. The van der Waals surface area contributed by atoms with Crippen LogP contribution >= 0.6 is 0 Å². The summed E-state index contributed by atoms with van der Waals surface area (Å²) >= 11 is 0. The molecular formula is C34H25F2NO5. The van der Waals surface area contributed by atoms with Gasteiger partial charge in [0.1, 0.15) is 11.6 Å². The van der Waals surface area contributed by atoms with E-state index in [0.29, 0.717) is 18.1 Å². The SMILES string of the molecule is O=C(O)C1C2C=CC(C2)C1C(=O)Nc1ccc(F)cc1F.O=C(O)c1ccc2c(ccc3ccc4ccccc4c32)c1. The van der Waals surface area contributed by atoms with Gasteiger partial charge >= 0.3 is 11.9 Å². The summed E-state index contributed by atoms with van der Waals surface area (Å²) in [4.78, 5) is 34.7. The second-order valence-corrected chi connectivity index (χ2v) is 10.6. The predicted molar refractivity (Wildman–Crippen MR) is 156 cm³/mol. The maximum absolute atomic E-state index is 13.6. The summed E-state index contributed by atoms with van der Waals surface area (Å²) in [6, 6.07) is 24.7. The van der Waals surface area contributed by atoms with E-state index in [0.717, 1.165) is 22.9 Å². The largest absolute Gasteiger partial charge is 0.481 e. The molecule has 1 amide bonds. The van der Waals surface area contributed by atoms with Crippen molar-refractivity contribution in [2.45, 2.75) is 6.42 Å². The van der Waals surface area contributed by atoms with E-state index >= 15 is 0 Å². The van der Waals surface area contributed by atoms with Crippen molar-refractivity contribution in [2.24, 2.45) is 23.7 Å². The third kappa shape index (κ3) is 4.85. The molecule has 0 aromatic heterocycles. The molecule has 42 heavy (non-hydrogen) atoms. The summed E-state index contributed by atoms with van der Waals surface area (Å²) in [6.45, 7) is 0. The molecule has 7 rings (SSSR count). The number of benzene rings is 5. The Balaban J connectivity index is 0.000000150. The Morgan fingerprint density at radius 1 is 0.714 bits per heavy atom. The van der Waals surface area contributed by atoms with Crippen molar-refractivity contribution in [1.82, 2.24) is 0 Å². The maximum atomic E-state index is 13.6. The number of aliphatic carboxylic acids is 1. The minimum absolute atomic E-state index is 0.139. The lowest BCUT2D eigenvalue weighted by Gasteiger charge is -2.23. The van der Waals surface area contributed by atoms with Crippen molar-refractivity contribution in [3.05, 3.63) is 114 Å². The number of carboxylic acid groups (broad SMARTS) is 2. The molecule has 4 unspecified atom stereocenters. The summed E-state index contributed by atoms with van der Waals surface area (Å²) in [5, 5.41) is 27.6. The van der Waals surface area contributed by atoms with Gasteiger partial charge in [0.2, 0.25) is 5.91 Å². The number of fused-ring (bicyclic) bond motifs is 7. The number of nitrogens with one attached hydrogen (secondary N) is 1. The van der Waals surface area contributed by atoms with Gasteiger partial charge in [-0.2, -0.15) is 0 Å². The van der Waals surface area contributed by atoms with Gasteiger partial charge < -0.3 is 15.5 Å². The average molecular weight is 566 g/mol. The summed E-state index contributed by atoms with van der Waals surface area (Å²) in [5.74, 6) is -5.87. The van der Waals surface area contributed by atoms with Crippen LogP contribution in [0.5, 0.6) is 0 Å². The zero-order valence-electron chi connectivity index (χ0n) is 22.1. The second-order valence-electron chi connectivity index (χ2n) is 10.6. The Morgan fingerprint density at radius 3 is 2.10 bits per heavy atom. The van der Waals surface area contributed by atoms with Gasteiger partial charge in [-0.25, -0.2) is 13.6 Å². The fourth-order valence-electron chi connectivity index (χ4n) is 6.29. The van der Waals surface area contributed by atoms with Gasteiger partial charge in [-0.1, -0.05) is 66.7 Å². The molecule has 2 aliphatic carbocycles. The van der Waals surface area contributed by atoms with Crippen LogP contribution in [0.2, 0.25) is 0 Å². The molecule has 6 nitrogen and oxygen atoms in total. The van der Waals surface area contributed by atoms with Crippen LogP contribution in [-0.4, -0.2) is 28.1 Å². The standard InChI is InChI=1S/C19H12O2.C15H13F2NO3/c20-19(21)15-9-10-17-14(11-15)8-7-13-6-5-12-3-1-2-4-16(12)18(13)17;16-9-3-4-11(10(17)6-9)18-14(19)12-7-1-2-8(5-7)13(12)15(20)21/h1-11H,(H,20,21);1-4,6-8,12-13H,5H2,(H,18,19)(H,20,21). The Kier molecular flexibility index (Phi) is 6.90. The minimum Gasteiger partial charge on any atom is -0.481 e. The van der Waals surface area contributed by atoms with Crippen LogP contribution in [-0.2, 0) is 9.59 Å². The average Bonchev–Trinajstić information content (AvgIpc) is 3.61. The number of rotatable bonds is 4. The Labute approximate surface area is 238 Å². The van der Waals surface area contributed by atoms with E-state index in [4.69, 9.17) is 5.11 Å². The van der Waals surface area contributed by atoms with Crippen LogP contribution in [0.25, 0.3) is 32.3 Å². The summed E-state index contributed by atoms with van der Waals surface area (Å²) in [6.07, 6.45) is 4.29. The highest BCUT2D eigenvalue weighted by molar-refractivity contribution is 6.20. The fourth-order valence-corrected chi connectivity index (χ4v) is 6.29. The molecule has 8 heteroatoms. The first-order valence-electron chi connectivity index (χ1n) is 13.5. The zero-order valence-corrected chi connectivity index (χ0v) is 22.1. The second kappa shape index (κ2) is 10.7. The van der Waals surface area contributed by atoms with Gasteiger partial charge in [0.25, 0.3) is 0 Å². The number of aromatic carboxylic acids is 1. The molecule has 5 aromatic carbocycles. The lowest BCUT2D eigenvalue weighted by molar-refractivity contribution is -0.146. The van der Waals surface area contributed by atoms with Crippen molar-refractivity contribution in [2.75, 3.05) is 5.32 Å². The normalized spacial score (nSPS) is 20.4. The van der Waals surface area contributed by atoms with Crippen LogP contribution in [0.4, 0.5) is 14.5 Å². The van der Waals surface area contributed by atoms with E-state index in [9.17, 15) is 28.3 Å². The van der Waals surface area contributed by atoms with Gasteiger partial charge in [0.15, 0.2) is 0 Å². The highest BCUT2D eigenvalue weighted by atomic mass is 19.1. The summed E-state index contributed by atoms with van der Waals surface area (Å²) in [5.41, 5.74) is 0.180. The topological polar surface area (TPSA) is 104 Å². The zero-order chi connectivity index (χ0) is 29.5. The molecule has 4 atom stereocenters. The summed E-state index contributed by atoms with van der Waals surface area (Å²) < 4.78 is 26.4. The van der Waals surface area contributed by atoms with Crippen LogP contribution in [0, 0.1) is 35.3 Å². The van der Waals surface area contributed by atoms with Gasteiger partial charge in [-0.15, -0.1) is 0 Å². The first-order valence-corrected chi connectivity index (χ1v) is 13.5. The number of hydrogen-bond acceptors (Lipinski definition) is 3. The number of carbonyl (C=O) groups excluding carboxylic acids is 1. The Morgan fingerprint density at radius 2 is 1.38 bits per heavy atom. The van der Waals surface area contributed by atoms with E-state index in [1.54, 1.807) is 12.1 Å². The number of amides is 1. The van der Waals surface area contributed by atoms with E-state index in [-0.39, 0.29) is 17.5 Å². The van der Waals surface area contributed by atoms with Crippen LogP contribution in [0.3, 0.4) is 0 Å². The molecule has 5 aromatic rings. The van der Waals surface area contributed by atoms with Crippen molar-refractivity contribution in [1.29, 1.82) is 0 Å². The van der Waals surface area contributed by atoms with E-state index in [2.05, 4.69) is 35.6 Å². The molecule has 1 fully saturated rings. The molecule has 210 valence electrons. The molecule has 0 radical (unpaired) electrons. The van der Waals surface area contributed by atoms with Gasteiger partial charge in [0, 0.05) is 6.07 Å². The number of halogens is 2. The highest BCUT2D eigenvalue weighted by Gasteiger charge is 2.51. The highest BCUT2D eigenvalue weighted by Crippen LogP contribution is 2.48. The van der Waals surface area contributed by atoms with E-state index < -0.39 is 41.3 Å². The Bertz CT molecular complexity index is 1930. The molecule has 1 saturated carbocycles. The number of carboxylic acids is 2. The number of anilines is 1. The van der Waals surface area contributed by atoms with Crippen LogP contribution < -0.4 is 5.32 Å². The molecule has 2 bridgehead atoms. The lowest BCUT2D eigenvalue weighted by Crippen LogP contribution is -2.36. The van der Waals surface area contributed by atoms with Crippen molar-refractivity contribution in [3.63, 3.8) is 0 Å². The number of allylic oxidation sites excluding steroid dienone is 2. The van der Waals surface area contributed by atoms with Crippen molar-refractivity contribution >= 4 is 55.9 Å². The maximum Gasteiger partial charge on any atom is 0.335 e. The number of hydrogen-bond donors (Lipinski definition) is 3. The molecule has 3 N–H and O–H groups in total. The van der Waals surface area contributed by atoms with Crippen LogP contribution in [0.15, 0.2) is 97.1 Å². The van der Waals surface area contributed by atoms with Gasteiger partial charge in [-0.3, -0.25) is 9.59 Å². The van der Waals surface area contributed by atoms with Gasteiger partial charge in [-0.05, 0) is 74.8 Å². The van der Waals surface area contributed by atoms with Gasteiger partial charge in [0.05, 0.1) is 23.1 Å². The lowest BCUT2D eigenvalue weighted by atomic mass is 9.82. The summed E-state index contributed by atoms with van der Waals surface area (Å²) in [7, 11) is 0. The monoisotopic (exact) mass is 565 g/mol. The number of carbonyl (C=O) groups is 3. The minimum atomic E-state index is -1.02. The molecule has 0 aliphatic heterocycles. The van der Waals surface area contributed by atoms with E-state index in [1.807, 2.05) is 36.4 Å². The fraction of sp³-hybridized carbons (Fsp3) is 0.147. The van der Waals surface area contributed by atoms with Crippen LogP contribution in [0.1, 0.15) is 16.8 Å². The first-order chi connectivity index (χ1) is 20.2. The molecule has 0 heterocycles. The third-order valence-corrected chi connectivity index (χ3v) is 8.21. The first kappa shape index (κ1) is 27.1. The molecule has 2 aliphatic rings. The molecule has 0 spiro atoms.